The molecule has 0 aromatic carbocycles. The Hall–Kier alpha value is 0.457. The molecule has 1 atom stereocenters. The van der Waals surface area contributed by atoms with Gasteiger partial charge in [-0.3, -0.25) is 0 Å². The Morgan fingerprint density at radius 3 is 1.73 bits per heavy atom. The summed E-state index contributed by atoms with van der Waals surface area (Å²) in [5.74, 6) is 0. The van der Waals surface area contributed by atoms with E-state index in [1.165, 1.54) is 0 Å². The molecule has 0 amide bonds. The van der Waals surface area contributed by atoms with Crippen molar-refractivity contribution in [1.29, 1.82) is 0 Å². The first-order chi connectivity index (χ1) is 4.69. The van der Waals surface area contributed by atoms with Gasteiger partial charge in [0.25, 0.3) is 0 Å². The minimum absolute atomic E-state index is 0.309. The number of hydrogen-bond donors (Lipinski definition) is 0. The lowest BCUT2D eigenvalue weighted by Crippen LogP contribution is -2.41. The van der Waals surface area contributed by atoms with E-state index in [4.69, 9.17) is 10.7 Å². The molecule has 0 spiro atoms. The second kappa shape index (κ2) is 3.45. The molecule has 0 radical (unpaired) electrons. The molecule has 0 bridgehead atoms. The fraction of sp³-hybridized carbons (Fsp3) is 1.00. The third-order valence-electron chi connectivity index (χ3n) is 1.68. The van der Waals surface area contributed by atoms with E-state index in [9.17, 15) is 8.42 Å². The lowest BCUT2D eigenvalue weighted by Gasteiger charge is -2.24. The fourth-order valence-electron chi connectivity index (χ4n) is 1.23. The minimum Gasteiger partial charge on any atom is -0.212 e. The van der Waals surface area contributed by atoms with E-state index in [0.717, 1.165) is 0 Å². The van der Waals surface area contributed by atoms with Crippen LogP contribution in [0.1, 0.15) is 13.3 Å². The summed E-state index contributed by atoms with van der Waals surface area (Å²) in [6.07, 6.45) is 0.627. The number of halogens is 1. The monoisotopic (exact) mass is 214 g/mol. The molecular formula is C6H15ClO2SSi. The van der Waals surface area contributed by atoms with E-state index >= 15 is 0 Å². The van der Waals surface area contributed by atoms with Crippen molar-refractivity contribution in [3.63, 3.8) is 0 Å². The minimum atomic E-state index is -3.34. The van der Waals surface area contributed by atoms with E-state index in [1.54, 1.807) is 0 Å². The van der Waals surface area contributed by atoms with Crippen LogP contribution in [0.5, 0.6) is 0 Å². The maximum atomic E-state index is 11.0. The molecule has 11 heavy (non-hydrogen) atoms. The molecule has 0 saturated heterocycles. The first-order valence-corrected chi connectivity index (χ1v) is 9.58. The van der Waals surface area contributed by atoms with Crippen LogP contribution in [0.15, 0.2) is 0 Å². The average Bonchev–Trinajstić information content (AvgIpc) is 1.56. The van der Waals surface area contributed by atoms with Gasteiger partial charge in [-0.2, -0.15) is 0 Å². The summed E-state index contributed by atoms with van der Waals surface area (Å²) in [7, 11) is 0.310. The highest BCUT2D eigenvalue weighted by Crippen LogP contribution is 2.22. The maximum absolute atomic E-state index is 11.0. The Bertz CT molecular complexity index is 217. The molecule has 68 valence electrons. The van der Waals surface area contributed by atoms with Crippen molar-refractivity contribution in [2.45, 2.75) is 37.9 Å². The molecule has 0 heterocycles. The Morgan fingerprint density at radius 2 is 1.73 bits per heavy atom. The van der Waals surface area contributed by atoms with E-state index < -0.39 is 17.1 Å². The molecule has 2 nitrogen and oxygen atoms in total. The van der Waals surface area contributed by atoms with Crippen LogP contribution in [0.2, 0.25) is 19.6 Å². The molecule has 0 rings (SSSR count). The lowest BCUT2D eigenvalue weighted by atomic mass is 10.6. The Morgan fingerprint density at radius 1 is 1.36 bits per heavy atom. The van der Waals surface area contributed by atoms with Crippen molar-refractivity contribution in [2.24, 2.45) is 0 Å². The smallest absolute Gasteiger partial charge is 0.212 e. The van der Waals surface area contributed by atoms with E-state index in [1.807, 2.05) is 26.6 Å². The van der Waals surface area contributed by atoms with Gasteiger partial charge in [0, 0.05) is 10.7 Å². The largest absolute Gasteiger partial charge is 0.232 e. The summed E-state index contributed by atoms with van der Waals surface area (Å²) >= 11 is 0. The van der Waals surface area contributed by atoms with Gasteiger partial charge in [0.05, 0.1) is 12.9 Å². The lowest BCUT2D eigenvalue weighted by molar-refractivity contribution is 0.603. The average molecular weight is 215 g/mol. The van der Waals surface area contributed by atoms with Crippen molar-refractivity contribution in [2.75, 3.05) is 0 Å². The molecular weight excluding hydrogens is 200 g/mol. The molecule has 1 unspecified atom stereocenters. The standard InChI is InChI=1S/C6H15ClO2SSi/c1-5-6(10(7,8)9)11(2,3)4/h6H,5H2,1-4H3. The van der Waals surface area contributed by atoms with Gasteiger partial charge in [-0.1, -0.05) is 26.6 Å². The molecule has 0 saturated carbocycles. The topological polar surface area (TPSA) is 34.1 Å². The van der Waals surface area contributed by atoms with Gasteiger partial charge in [-0.15, -0.1) is 0 Å². The zero-order chi connectivity index (χ0) is 9.28. The fourth-order valence-corrected chi connectivity index (χ4v) is 9.02. The highest BCUT2D eigenvalue weighted by Gasteiger charge is 2.34. The normalized spacial score (nSPS) is 16.5. The van der Waals surface area contributed by atoms with Crippen LogP contribution in [0, 0.1) is 0 Å². The first-order valence-electron chi connectivity index (χ1n) is 3.63. The van der Waals surface area contributed by atoms with E-state index in [-0.39, 0.29) is 4.87 Å². The predicted octanol–water partition coefficient (Wildman–Crippen LogP) is 2.21. The van der Waals surface area contributed by atoms with Gasteiger partial charge in [-0.25, -0.2) is 8.42 Å². The van der Waals surface area contributed by atoms with Gasteiger partial charge in [0.2, 0.25) is 9.05 Å². The van der Waals surface area contributed by atoms with Crippen molar-refractivity contribution in [3.05, 3.63) is 0 Å². The highest BCUT2D eigenvalue weighted by molar-refractivity contribution is 8.15. The van der Waals surface area contributed by atoms with Gasteiger partial charge in [0.15, 0.2) is 0 Å². The number of rotatable bonds is 3. The third-order valence-corrected chi connectivity index (χ3v) is 9.18. The van der Waals surface area contributed by atoms with Crippen LogP contribution in [0.25, 0.3) is 0 Å². The Labute approximate surface area is 74.4 Å². The number of hydrogen-bond acceptors (Lipinski definition) is 2. The molecule has 0 aliphatic rings. The van der Waals surface area contributed by atoms with Crippen molar-refractivity contribution >= 4 is 27.8 Å². The molecule has 0 N–H and O–H groups in total. The van der Waals surface area contributed by atoms with E-state index in [0.29, 0.717) is 6.42 Å². The summed E-state index contributed by atoms with van der Waals surface area (Å²) in [6.45, 7) is 7.91. The second-order valence-electron chi connectivity index (χ2n) is 3.74. The zero-order valence-corrected chi connectivity index (χ0v) is 9.96. The Balaban J connectivity index is 4.72. The van der Waals surface area contributed by atoms with Gasteiger partial charge in [-0.05, 0) is 6.42 Å². The third kappa shape index (κ3) is 3.58. The first kappa shape index (κ1) is 11.5. The predicted molar refractivity (Wildman–Crippen MR) is 52.2 cm³/mol. The van der Waals surface area contributed by atoms with Crippen molar-refractivity contribution in [3.8, 4) is 0 Å². The summed E-state index contributed by atoms with van der Waals surface area (Å²) in [4.78, 5) is -0.309. The SMILES string of the molecule is CCC([Si](C)(C)C)S(=O)(=O)Cl. The van der Waals surface area contributed by atoms with Crippen LogP contribution in [0.4, 0.5) is 0 Å². The van der Waals surface area contributed by atoms with Crippen LogP contribution in [-0.2, 0) is 9.05 Å². The van der Waals surface area contributed by atoms with Crippen molar-refractivity contribution in [1.82, 2.24) is 0 Å². The second-order valence-corrected chi connectivity index (χ2v) is 12.4. The molecule has 0 aromatic heterocycles. The van der Waals surface area contributed by atoms with Crippen LogP contribution in [0.3, 0.4) is 0 Å². The van der Waals surface area contributed by atoms with Gasteiger partial charge in [0.1, 0.15) is 0 Å². The highest BCUT2D eigenvalue weighted by atomic mass is 35.7. The Kier molecular flexibility index (Phi) is 3.60. The van der Waals surface area contributed by atoms with E-state index in [2.05, 4.69) is 0 Å². The molecule has 0 aromatic rings. The molecule has 0 aliphatic heterocycles. The van der Waals surface area contributed by atoms with Gasteiger partial charge < -0.3 is 0 Å². The van der Waals surface area contributed by atoms with Crippen LogP contribution >= 0.6 is 10.7 Å². The summed E-state index contributed by atoms with van der Waals surface area (Å²) < 4.78 is 22.0. The summed E-state index contributed by atoms with van der Waals surface area (Å²) in [5, 5.41) is 0. The molecule has 0 fully saturated rings. The van der Waals surface area contributed by atoms with Crippen LogP contribution < -0.4 is 0 Å². The van der Waals surface area contributed by atoms with Crippen LogP contribution in [-0.4, -0.2) is 21.4 Å². The maximum Gasteiger partial charge on any atom is 0.232 e. The molecule has 0 aliphatic carbocycles. The van der Waals surface area contributed by atoms with Gasteiger partial charge >= 0.3 is 0 Å². The quantitative estimate of drug-likeness (QED) is 0.533. The zero-order valence-electron chi connectivity index (χ0n) is 7.39. The molecule has 5 heteroatoms. The van der Waals surface area contributed by atoms with Crippen molar-refractivity contribution < 1.29 is 8.42 Å². The summed E-state index contributed by atoms with van der Waals surface area (Å²) in [5.41, 5.74) is 0. The summed E-state index contributed by atoms with van der Waals surface area (Å²) in [6, 6.07) is 0.